The van der Waals surface area contributed by atoms with E-state index >= 15 is 0 Å². The number of carbonyl (C=O) groups is 1. The summed E-state index contributed by atoms with van der Waals surface area (Å²) >= 11 is 2.04. The van der Waals surface area contributed by atoms with Crippen molar-refractivity contribution in [3.8, 4) is 0 Å². The maximum absolute atomic E-state index is 12.7. The third kappa shape index (κ3) is 6.01. The number of nitrogens with one attached hydrogen (secondary N) is 2. The number of hydrogen-bond donors (Lipinski definition) is 2. The Morgan fingerprint density at radius 2 is 1.96 bits per heavy atom. The molecule has 0 spiro atoms. The zero-order valence-corrected chi connectivity index (χ0v) is 18.1. The molecule has 3 aliphatic rings. The predicted octanol–water partition coefficient (Wildman–Crippen LogP) is 3.94. The van der Waals surface area contributed by atoms with Crippen molar-refractivity contribution in [3.05, 3.63) is 29.8 Å². The molecule has 2 aliphatic heterocycles. The summed E-state index contributed by atoms with van der Waals surface area (Å²) in [5.41, 5.74) is 2.23. The van der Waals surface area contributed by atoms with E-state index in [4.69, 9.17) is 0 Å². The minimum atomic E-state index is -0.0177. The summed E-state index contributed by atoms with van der Waals surface area (Å²) in [6, 6.07) is 8.92. The van der Waals surface area contributed by atoms with Gasteiger partial charge in [-0.25, -0.2) is 0 Å². The highest BCUT2D eigenvalue weighted by Gasteiger charge is 2.38. The minimum Gasteiger partial charge on any atom is -0.325 e. The third-order valence-electron chi connectivity index (χ3n) is 5.88. The van der Waals surface area contributed by atoms with Gasteiger partial charge in [-0.15, -0.1) is 24.8 Å². The van der Waals surface area contributed by atoms with Crippen molar-refractivity contribution in [2.45, 2.75) is 50.7 Å². The maximum Gasteiger partial charge on any atom is 0.241 e. The third-order valence-corrected chi connectivity index (χ3v) is 6.83. The first-order valence-electron chi connectivity index (χ1n) is 9.74. The van der Waals surface area contributed by atoms with Crippen LogP contribution in [0.4, 0.5) is 5.69 Å². The summed E-state index contributed by atoms with van der Waals surface area (Å²) in [7, 11) is 0. The van der Waals surface area contributed by atoms with Gasteiger partial charge in [-0.2, -0.15) is 11.8 Å². The maximum atomic E-state index is 12.7. The molecule has 1 aromatic rings. The van der Waals surface area contributed by atoms with Gasteiger partial charge < -0.3 is 10.6 Å². The predicted molar refractivity (Wildman–Crippen MR) is 119 cm³/mol. The highest BCUT2D eigenvalue weighted by Crippen LogP contribution is 2.33. The average Bonchev–Trinajstić information content (AvgIpc) is 3.07. The Labute approximate surface area is 179 Å². The molecular formula is C20H31Cl2N3OS. The van der Waals surface area contributed by atoms with Gasteiger partial charge in [-0.3, -0.25) is 9.69 Å². The van der Waals surface area contributed by atoms with E-state index in [2.05, 4.69) is 33.7 Å². The number of benzene rings is 1. The lowest BCUT2D eigenvalue weighted by atomic mass is 9.85. The second-order valence-corrected chi connectivity index (χ2v) is 8.91. The molecule has 1 saturated carbocycles. The summed E-state index contributed by atoms with van der Waals surface area (Å²) in [5.74, 6) is 3.30. The first-order chi connectivity index (χ1) is 12.3. The smallest absolute Gasteiger partial charge is 0.241 e. The van der Waals surface area contributed by atoms with Gasteiger partial charge >= 0.3 is 0 Å². The van der Waals surface area contributed by atoms with Crippen LogP contribution in [-0.2, 0) is 11.3 Å². The van der Waals surface area contributed by atoms with Crippen molar-refractivity contribution in [1.29, 1.82) is 0 Å². The van der Waals surface area contributed by atoms with Gasteiger partial charge in [0.2, 0.25) is 5.91 Å². The summed E-state index contributed by atoms with van der Waals surface area (Å²) in [5, 5.41) is 6.72. The van der Waals surface area contributed by atoms with Crippen LogP contribution < -0.4 is 10.6 Å². The van der Waals surface area contributed by atoms with Crippen LogP contribution in [0.3, 0.4) is 0 Å². The Balaban J connectivity index is 0.00000131. The van der Waals surface area contributed by atoms with Gasteiger partial charge in [0.25, 0.3) is 0 Å². The topological polar surface area (TPSA) is 44.4 Å². The van der Waals surface area contributed by atoms with Crippen LogP contribution in [0, 0.1) is 5.92 Å². The Morgan fingerprint density at radius 3 is 2.74 bits per heavy atom. The normalized spacial score (nSPS) is 27.8. The minimum absolute atomic E-state index is 0. The monoisotopic (exact) mass is 431 g/mol. The van der Waals surface area contributed by atoms with Crippen LogP contribution >= 0.6 is 36.6 Å². The molecule has 3 atom stereocenters. The van der Waals surface area contributed by atoms with E-state index in [1.54, 1.807) is 0 Å². The molecule has 0 radical (unpaired) electrons. The number of amides is 1. The van der Waals surface area contributed by atoms with Crippen molar-refractivity contribution in [1.82, 2.24) is 10.2 Å². The fraction of sp³-hybridized carbons (Fsp3) is 0.650. The van der Waals surface area contributed by atoms with Gasteiger partial charge in [-0.1, -0.05) is 25.0 Å². The summed E-state index contributed by atoms with van der Waals surface area (Å²) in [6.45, 7) is 3.31. The van der Waals surface area contributed by atoms with Gasteiger partial charge in [0.05, 0.1) is 6.04 Å². The van der Waals surface area contributed by atoms with Crippen molar-refractivity contribution in [2.24, 2.45) is 5.92 Å². The van der Waals surface area contributed by atoms with Gasteiger partial charge in [0.1, 0.15) is 0 Å². The fourth-order valence-corrected chi connectivity index (χ4v) is 5.49. The standard InChI is InChI=1S/C20H29N3OS.2ClH/c24-20(19-13-16-5-1-2-7-18(16)22-19)21-17-6-3-4-15(12-17)14-23-8-10-25-11-9-23;;/h3-4,6,12,16,18-19,22H,1-2,5,7-11,13-14H2,(H,21,24);2*1H. The number of fused-ring (bicyclic) bond motifs is 1. The van der Waals surface area contributed by atoms with E-state index in [1.807, 2.05) is 17.8 Å². The van der Waals surface area contributed by atoms with Gasteiger partial charge in [-0.05, 0) is 42.9 Å². The molecule has 2 N–H and O–H groups in total. The number of thioether (sulfide) groups is 1. The molecule has 2 heterocycles. The zero-order valence-electron chi connectivity index (χ0n) is 15.7. The zero-order chi connectivity index (χ0) is 17.1. The molecule has 3 fully saturated rings. The van der Waals surface area contributed by atoms with E-state index in [9.17, 15) is 4.79 Å². The van der Waals surface area contributed by atoms with E-state index < -0.39 is 0 Å². The molecule has 1 amide bonds. The molecule has 4 rings (SSSR count). The highest BCUT2D eigenvalue weighted by molar-refractivity contribution is 7.99. The summed E-state index contributed by atoms with van der Waals surface area (Å²) < 4.78 is 0. The SMILES string of the molecule is Cl.Cl.O=C(Nc1cccc(CN2CCSCC2)c1)C1CC2CCCCC2N1. The molecule has 1 aliphatic carbocycles. The van der Waals surface area contributed by atoms with Crippen LogP contribution in [0.2, 0.25) is 0 Å². The van der Waals surface area contributed by atoms with Gasteiger partial charge in [0.15, 0.2) is 0 Å². The molecule has 0 aromatic heterocycles. The molecule has 2 saturated heterocycles. The van der Waals surface area contributed by atoms with Crippen molar-refractivity contribution in [3.63, 3.8) is 0 Å². The van der Waals surface area contributed by atoms with Crippen LogP contribution in [0.5, 0.6) is 0 Å². The number of halogens is 2. The molecule has 7 heteroatoms. The fourth-order valence-electron chi connectivity index (χ4n) is 4.52. The van der Waals surface area contributed by atoms with E-state index in [1.165, 1.54) is 42.8 Å². The molecule has 27 heavy (non-hydrogen) atoms. The van der Waals surface area contributed by atoms with Crippen LogP contribution in [0.1, 0.15) is 37.7 Å². The lowest BCUT2D eigenvalue weighted by Crippen LogP contribution is -2.39. The quantitative estimate of drug-likeness (QED) is 0.757. The Hall–Kier alpha value is -0.460. The van der Waals surface area contributed by atoms with Crippen molar-refractivity contribution in [2.75, 3.05) is 29.9 Å². The molecule has 1 aromatic carbocycles. The Morgan fingerprint density at radius 1 is 1.19 bits per heavy atom. The Bertz CT molecular complexity index is 599. The van der Waals surface area contributed by atoms with Crippen LogP contribution in [0.15, 0.2) is 24.3 Å². The lowest BCUT2D eigenvalue weighted by Gasteiger charge is -2.26. The first kappa shape index (κ1) is 22.8. The molecule has 0 bridgehead atoms. The first-order valence-corrected chi connectivity index (χ1v) is 10.9. The molecular weight excluding hydrogens is 401 g/mol. The molecule has 4 nitrogen and oxygen atoms in total. The van der Waals surface area contributed by atoms with E-state index in [-0.39, 0.29) is 36.8 Å². The van der Waals surface area contributed by atoms with E-state index in [0.29, 0.717) is 12.0 Å². The lowest BCUT2D eigenvalue weighted by molar-refractivity contribution is -0.117. The summed E-state index contributed by atoms with van der Waals surface area (Å²) in [6.07, 6.45) is 6.15. The number of hydrogen-bond acceptors (Lipinski definition) is 4. The van der Waals surface area contributed by atoms with E-state index in [0.717, 1.165) is 31.7 Å². The number of anilines is 1. The number of carbonyl (C=O) groups excluding carboxylic acids is 1. The van der Waals surface area contributed by atoms with Gasteiger partial charge in [0, 0.05) is 42.9 Å². The average molecular weight is 432 g/mol. The molecule has 3 unspecified atom stereocenters. The number of rotatable bonds is 4. The van der Waals surface area contributed by atoms with Crippen molar-refractivity contribution >= 4 is 48.2 Å². The van der Waals surface area contributed by atoms with Crippen LogP contribution in [0.25, 0.3) is 0 Å². The second-order valence-electron chi connectivity index (χ2n) is 7.68. The Kier molecular flexibility index (Phi) is 9.23. The second kappa shape index (κ2) is 10.9. The molecule has 152 valence electrons. The van der Waals surface area contributed by atoms with Crippen LogP contribution in [-0.4, -0.2) is 47.5 Å². The van der Waals surface area contributed by atoms with Crippen molar-refractivity contribution < 1.29 is 4.79 Å². The summed E-state index contributed by atoms with van der Waals surface area (Å²) in [4.78, 5) is 15.2. The highest BCUT2D eigenvalue weighted by atomic mass is 35.5. The largest absolute Gasteiger partial charge is 0.325 e. The number of nitrogens with zero attached hydrogens (tertiary/aromatic N) is 1.